The van der Waals surface area contributed by atoms with Gasteiger partial charge in [-0.05, 0) is 47.9 Å². The minimum absolute atomic E-state index is 0.123. The van der Waals surface area contributed by atoms with Crippen LogP contribution in [0.1, 0.15) is 72.8 Å². The number of alkyl halides is 1. The van der Waals surface area contributed by atoms with Crippen molar-refractivity contribution in [3.8, 4) is 11.1 Å². The van der Waals surface area contributed by atoms with Gasteiger partial charge in [0.15, 0.2) is 0 Å². The summed E-state index contributed by atoms with van der Waals surface area (Å²) < 4.78 is 17.6. The summed E-state index contributed by atoms with van der Waals surface area (Å²) in [5.74, 6) is -0.524. The van der Waals surface area contributed by atoms with Crippen molar-refractivity contribution >= 4 is 5.97 Å². The molecule has 0 amide bonds. The molecule has 180 valence electrons. The largest absolute Gasteiger partial charge is 0.478 e. The third-order valence-electron chi connectivity index (χ3n) is 6.99. The molecule has 0 atom stereocenters. The number of benzene rings is 2. The van der Waals surface area contributed by atoms with Gasteiger partial charge in [0.05, 0.1) is 17.8 Å². The molecule has 1 fully saturated rings. The summed E-state index contributed by atoms with van der Waals surface area (Å²) in [6, 6.07) is 14.5. The van der Waals surface area contributed by atoms with Crippen molar-refractivity contribution in [1.29, 1.82) is 0 Å². The van der Waals surface area contributed by atoms with Crippen molar-refractivity contribution in [3.05, 3.63) is 81.5 Å². The Kier molecular flexibility index (Phi) is 7.66. The molecule has 0 aliphatic heterocycles. The second kappa shape index (κ2) is 10.9. The molecule has 1 saturated carbocycles. The minimum Gasteiger partial charge on any atom is -0.478 e. The van der Waals surface area contributed by atoms with Gasteiger partial charge in [-0.25, -0.2) is 14.0 Å². The maximum Gasteiger partial charge on any atom is 0.336 e. The van der Waals surface area contributed by atoms with Crippen molar-refractivity contribution in [1.82, 2.24) is 9.13 Å². The molecule has 4 rings (SSSR count). The van der Waals surface area contributed by atoms with Gasteiger partial charge in [-0.1, -0.05) is 75.1 Å². The molecule has 1 heterocycles. The highest BCUT2D eigenvalue weighted by Crippen LogP contribution is 2.27. The quantitative estimate of drug-likeness (QED) is 0.418. The van der Waals surface area contributed by atoms with E-state index in [0.29, 0.717) is 36.7 Å². The van der Waals surface area contributed by atoms with Gasteiger partial charge in [0.1, 0.15) is 6.67 Å². The summed E-state index contributed by atoms with van der Waals surface area (Å²) in [7, 11) is 0. The number of imidazole rings is 1. The number of carboxylic acid groups (broad SMARTS) is 1. The normalized spacial score (nSPS) is 14.4. The Labute approximate surface area is 199 Å². The van der Waals surface area contributed by atoms with Crippen LogP contribution in [-0.4, -0.2) is 20.2 Å². The highest BCUT2D eigenvalue weighted by molar-refractivity contribution is 5.95. The van der Waals surface area contributed by atoms with E-state index in [0.717, 1.165) is 36.1 Å². The molecular weight excluding hydrogens is 431 g/mol. The number of aromatic nitrogens is 2. The van der Waals surface area contributed by atoms with E-state index < -0.39 is 12.6 Å². The van der Waals surface area contributed by atoms with E-state index in [1.54, 1.807) is 27.3 Å². The third kappa shape index (κ3) is 5.01. The predicted octanol–water partition coefficient (Wildman–Crippen LogP) is 6.07. The fourth-order valence-electron chi connectivity index (χ4n) is 5.23. The molecule has 0 unspecified atom stereocenters. The van der Waals surface area contributed by atoms with Gasteiger partial charge in [-0.2, -0.15) is 0 Å². The van der Waals surface area contributed by atoms with Crippen molar-refractivity contribution in [2.45, 2.75) is 71.6 Å². The molecule has 1 N–H and O–H groups in total. The molecule has 1 aliphatic carbocycles. The summed E-state index contributed by atoms with van der Waals surface area (Å²) >= 11 is 0. The molecule has 1 aliphatic rings. The molecule has 0 spiro atoms. The Hall–Kier alpha value is -3.15. The van der Waals surface area contributed by atoms with Gasteiger partial charge in [0, 0.05) is 12.2 Å². The molecule has 5 nitrogen and oxygen atoms in total. The molecule has 0 radical (unpaired) electrons. The van der Waals surface area contributed by atoms with E-state index >= 15 is 0 Å². The molecule has 3 aromatic rings. The van der Waals surface area contributed by atoms with Crippen LogP contribution >= 0.6 is 0 Å². The molecule has 0 saturated heterocycles. The molecule has 0 bridgehead atoms. The van der Waals surface area contributed by atoms with Crippen LogP contribution in [0.15, 0.2) is 53.3 Å². The Morgan fingerprint density at radius 1 is 1.00 bits per heavy atom. The molecular formula is C28H33FN2O3. The highest BCUT2D eigenvalue weighted by atomic mass is 19.1. The lowest BCUT2D eigenvalue weighted by atomic mass is 9.89. The number of carbonyl (C=O) groups is 1. The first-order valence-corrected chi connectivity index (χ1v) is 12.3. The van der Waals surface area contributed by atoms with Gasteiger partial charge in [-0.3, -0.25) is 9.13 Å². The van der Waals surface area contributed by atoms with Crippen LogP contribution in [0.2, 0.25) is 0 Å². The van der Waals surface area contributed by atoms with E-state index in [9.17, 15) is 19.1 Å². The van der Waals surface area contributed by atoms with Gasteiger partial charge in [-0.15, -0.1) is 0 Å². The van der Waals surface area contributed by atoms with Crippen molar-refractivity contribution < 1.29 is 14.3 Å². The van der Waals surface area contributed by atoms with E-state index in [1.165, 1.54) is 19.3 Å². The van der Waals surface area contributed by atoms with Crippen LogP contribution in [0.25, 0.3) is 11.1 Å². The van der Waals surface area contributed by atoms with Crippen LogP contribution in [0.4, 0.5) is 4.39 Å². The van der Waals surface area contributed by atoms with Crippen LogP contribution < -0.4 is 5.69 Å². The Morgan fingerprint density at radius 2 is 1.71 bits per heavy atom. The maximum absolute atomic E-state index is 14.2. The summed E-state index contributed by atoms with van der Waals surface area (Å²) in [6.45, 7) is 2.39. The zero-order valence-corrected chi connectivity index (χ0v) is 19.8. The van der Waals surface area contributed by atoms with Crippen LogP contribution in [0.3, 0.4) is 0 Å². The lowest BCUT2D eigenvalue weighted by Crippen LogP contribution is -2.29. The SMILES string of the molecule is CCCc1c(CF)n(CC2CCCCC2)c(=O)n1Cc1ccc(-c2ccccc2C(=O)O)cc1. The van der Waals surface area contributed by atoms with E-state index in [1.807, 2.05) is 37.3 Å². The lowest BCUT2D eigenvalue weighted by Gasteiger charge is -2.22. The first-order chi connectivity index (χ1) is 16.5. The molecule has 2 aromatic carbocycles. The number of halogens is 1. The number of rotatable bonds is 9. The predicted molar refractivity (Wildman–Crippen MR) is 132 cm³/mol. The first-order valence-electron chi connectivity index (χ1n) is 12.3. The number of carboxylic acids is 1. The zero-order valence-electron chi connectivity index (χ0n) is 19.8. The molecule has 34 heavy (non-hydrogen) atoms. The Balaban J connectivity index is 1.64. The van der Waals surface area contributed by atoms with Gasteiger partial charge >= 0.3 is 11.7 Å². The van der Waals surface area contributed by atoms with Crippen molar-refractivity contribution in [3.63, 3.8) is 0 Å². The van der Waals surface area contributed by atoms with Gasteiger partial charge < -0.3 is 5.11 Å². The smallest absolute Gasteiger partial charge is 0.336 e. The number of nitrogens with zero attached hydrogens (tertiary/aromatic N) is 2. The van der Waals surface area contributed by atoms with Crippen LogP contribution in [-0.2, 0) is 26.2 Å². The number of hydrogen-bond donors (Lipinski definition) is 1. The van der Waals surface area contributed by atoms with Crippen LogP contribution in [0, 0.1) is 5.92 Å². The standard InChI is InChI=1S/C28H33FN2O3/c1-2-8-25-26(17-29)31(18-20-9-4-3-5-10-20)28(34)30(25)19-21-13-15-22(16-14-21)23-11-6-7-12-24(23)27(32)33/h6-7,11-16,20H,2-5,8-10,17-19H2,1H3,(H,32,33). The summed E-state index contributed by atoms with van der Waals surface area (Å²) in [4.78, 5) is 25.0. The zero-order chi connectivity index (χ0) is 24.1. The van der Waals surface area contributed by atoms with Gasteiger partial charge in [0.2, 0.25) is 0 Å². The first kappa shape index (κ1) is 24.0. The number of aromatic carboxylic acids is 1. The molecule has 1 aromatic heterocycles. The third-order valence-corrected chi connectivity index (χ3v) is 6.99. The minimum atomic E-state index is -0.964. The Morgan fingerprint density at radius 3 is 2.35 bits per heavy atom. The fourth-order valence-corrected chi connectivity index (χ4v) is 5.23. The maximum atomic E-state index is 14.2. The summed E-state index contributed by atoms with van der Waals surface area (Å²) in [5, 5.41) is 9.49. The topological polar surface area (TPSA) is 64.2 Å². The van der Waals surface area contributed by atoms with E-state index in [-0.39, 0.29) is 11.3 Å². The van der Waals surface area contributed by atoms with E-state index in [4.69, 9.17) is 0 Å². The average Bonchev–Trinajstić information content (AvgIpc) is 3.10. The van der Waals surface area contributed by atoms with Crippen LogP contribution in [0.5, 0.6) is 0 Å². The summed E-state index contributed by atoms with van der Waals surface area (Å²) in [6.07, 6.45) is 7.32. The monoisotopic (exact) mass is 464 g/mol. The van der Waals surface area contributed by atoms with Crippen molar-refractivity contribution in [2.24, 2.45) is 5.92 Å². The van der Waals surface area contributed by atoms with Gasteiger partial charge in [0.25, 0.3) is 0 Å². The molecule has 6 heteroatoms. The van der Waals surface area contributed by atoms with E-state index in [2.05, 4.69) is 0 Å². The second-order valence-electron chi connectivity index (χ2n) is 9.31. The average molecular weight is 465 g/mol. The summed E-state index contributed by atoms with van der Waals surface area (Å²) in [5.41, 5.74) is 3.85. The second-order valence-corrected chi connectivity index (χ2v) is 9.31. The lowest BCUT2D eigenvalue weighted by molar-refractivity contribution is 0.0697. The fraction of sp³-hybridized carbons (Fsp3) is 0.429. The highest BCUT2D eigenvalue weighted by Gasteiger charge is 2.23. The van der Waals surface area contributed by atoms with Crippen molar-refractivity contribution in [2.75, 3.05) is 0 Å². The Bertz CT molecular complexity index is 1190. The number of hydrogen-bond acceptors (Lipinski definition) is 2.